The SMILES string of the molecule is Nc1nc(C=CCNC(=O)O)cs1. The first-order chi connectivity index (χ1) is 6.18. The lowest BCUT2D eigenvalue weighted by Crippen LogP contribution is -2.20. The summed E-state index contributed by atoms with van der Waals surface area (Å²) in [6.07, 6.45) is 2.34. The Morgan fingerprint density at radius 3 is 3.15 bits per heavy atom. The Labute approximate surface area is 78.9 Å². The Morgan fingerprint density at radius 2 is 2.62 bits per heavy atom. The number of nitrogens with zero attached hydrogens (tertiary/aromatic N) is 1. The third kappa shape index (κ3) is 3.57. The van der Waals surface area contributed by atoms with Gasteiger partial charge in [0, 0.05) is 11.9 Å². The van der Waals surface area contributed by atoms with Gasteiger partial charge in [0.05, 0.1) is 5.69 Å². The van der Waals surface area contributed by atoms with Gasteiger partial charge in [-0.3, -0.25) is 0 Å². The maximum atomic E-state index is 10.0. The summed E-state index contributed by atoms with van der Waals surface area (Å²) in [5, 5.41) is 12.7. The van der Waals surface area contributed by atoms with Crippen molar-refractivity contribution in [1.29, 1.82) is 0 Å². The minimum Gasteiger partial charge on any atom is -0.465 e. The number of aromatic nitrogens is 1. The topological polar surface area (TPSA) is 88.2 Å². The molecule has 1 heterocycles. The lowest BCUT2D eigenvalue weighted by Gasteiger charge is -1.91. The number of anilines is 1. The highest BCUT2D eigenvalue weighted by atomic mass is 32.1. The molecular formula is C7H9N3O2S. The molecule has 0 unspecified atom stereocenters. The van der Waals surface area contributed by atoms with E-state index in [1.807, 2.05) is 0 Å². The van der Waals surface area contributed by atoms with Crippen LogP contribution in [0.5, 0.6) is 0 Å². The lowest BCUT2D eigenvalue weighted by molar-refractivity contribution is 0.195. The zero-order valence-electron chi connectivity index (χ0n) is 6.73. The highest BCUT2D eigenvalue weighted by molar-refractivity contribution is 7.13. The Hall–Kier alpha value is -1.56. The van der Waals surface area contributed by atoms with E-state index in [2.05, 4.69) is 10.3 Å². The fourth-order valence-corrected chi connectivity index (χ4v) is 1.23. The van der Waals surface area contributed by atoms with Gasteiger partial charge in [-0.1, -0.05) is 6.08 Å². The van der Waals surface area contributed by atoms with Gasteiger partial charge in [0.2, 0.25) is 0 Å². The number of rotatable bonds is 3. The Morgan fingerprint density at radius 1 is 1.85 bits per heavy atom. The molecule has 0 spiro atoms. The summed E-state index contributed by atoms with van der Waals surface area (Å²) < 4.78 is 0. The molecule has 4 N–H and O–H groups in total. The molecule has 1 aromatic rings. The molecule has 0 radical (unpaired) electrons. The smallest absolute Gasteiger partial charge is 0.404 e. The fourth-order valence-electron chi connectivity index (χ4n) is 0.703. The van der Waals surface area contributed by atoms with Gasteiger partial charge in [-0.05, 0) is 6.08 Å². The predicted molar refractivity (Wildman–Crippen MR) is 51.6 cm³/mol. The molecule has 0 aromatic carbocycles. The Bertz CT molecular complexity index is 321. The maximum Gasteiger partial charge on any atom is 0.404 e. The number of hydrogen-bond donors (Lipinski definition) is 3. The van der Waals surface area contributed by atoms with Crippen molar-refractivity contribution < 1.29 is 9.90 Å². The van der Waals surface area contributed by atoms with Crippen molar-refractivity contribution in [2.75, 3.05) is 12.3 Å². The first-order valence-corrected chi connectivity index (χ1v) is 4.41. The molecule has 1 rings (SSSR count). The second kappa shape index (κ2) is 4.46. The largest absolute Gasteiger partial charge is 0.465 e. The van der Waals surface area contributed by atoms with Gasteiger partial charge in [0.25, 0.3) is 0 Å². The monoisotopic (exact) mass is 199 g/mol. The quantitative estimate of drug-likeness (QED) is 0.677. The average Bonchev–Trinajstić information content (AvgIpc) is 2.45. The van der Waals surface area contributed by atoms with Crippen LogP contribution < -0.4 is 11.1 Å². The molecule has 1 amide bonds. The van der Waals surface area contributed by atoms with Gasteiger partial charge in [-0.15, -0.1) is 11.3 Å². The Kier molecular flexibility index (Phi) is 3.27. The van der Waals surface area contributed by atoms with E-state index >= 15 is 0 Å². The van der Waals surface area contributed by atoms with Gasteiger partial charge >= 0.3 is 6.09 Å². The van der Waals surface area contributed by atoms with E-state index in [1.165, 1.54) is 11.3 Å². The zero-order chi connectivity index (χ0) is 9.68. The summed E-state index contributed by atoms with van der Waals surface area (Å²) in [5.74, 6) is 0. The van der Waals surface area contributed by atoms with Crippen molar-refractivity contribution in [3.05, 3.63) is 17.2 Å². The first-order valence-electron chi connectivity index (χ1n) is 3.53. The number of nitrogens with one attached hydrogen (secondary N) is 1. The molecule has 0 bridgehead atoms. The van der Waals surface area contributed by atoms with Crippen LogP contribution in [0.25, 0.3) is 6.08 Å². The highest BCUT2D eigenvalue weighted by Gasteiger charge is 1.93. The standard InChI is InChI=1S/C7H9N3O2S/c8-6-10-5(4-13-6)2-1-3-9-7(11)12/h1-2,4,9H,3H2,(H2,8,10)(H,11,12). The van der Waals surface area contributed by atoms with Crippen molar-refractivity contribution in [2.45, 2.75) is 0 Å². The summed E-state index contributed by atoms with van der Waals surface area (Å²) in [7, 11) is 0. The highest BCUT2D eigenvalue weighted by Crippen LogP contribution is 2.11. The number of nitrogens with two attached hydrogens (primary N) is 1. The normalized spacial score (nSPS) is 10.5. The average molecular weight is 199 g/mol. The van der Waals surface area contributed by atoms with E-state index in [-0.39, 0.29) is 6.54 Å². The van der Waals surface area contributed by atoms with E-state index in [0.29, 0.717) is 5.13 Å². The molecular weight excluding hydrogens is 190 g/mol. The van der Waals surface area contributed by atoms with Crippen molar-refractivity contribution >= 4 is 28.6 Å². The van der Waals surface area contributed by atoms with Crippen LogP contribution in [-0.4, -0.2) is 22.7 Å². The van der Waals surface area contributed by atoms with Crippen LogP contribution in [0.3, 0.4) is 0 Å². The second-order valence-electron chi connectivity index (χ2n) is 2.20. The molecule has 0 atom stereocenters. The van der Waals surface area contributed by atoms with Crippen molar-refractivity contribution in [2.24, 2.45) is 0 Å². The predicted octanol–water partition coefficient (Wildman–Crippen LogP) is 1.01. The van der Waals surface area contributed by atoms with E-state index in [0.717, 1.165) is 5.69 Å². The van der Waals surface area contributed by atoms with Gasteiger partial charge in [0.1, 0.15) is 0 Å². The van der Waals surface area contributed by atoms with Crippen LogP contribution in [0, 0.1) is 0 Å². The van der Waals surface area contributed by atoms with Crippen molar-refractivity contribution in [1.82, 2.24) is 10.3 Å². The van der Waals surface area contributed by atoms with Crippen LogP contribution >= 0.6 is 11.3 Å². The van der Waals surface area contributed by atoms with Crippen LogP contribution in [0.4, 0.5) is 9.93 Å². The first kappa shape index (κ1) is 9.53. The Balaban J connectivity index is 2.36. The van der Waals surface area contributed by atoms with Gasteiger partial charge < -0.3 is 16.2 Å². The lowest BCUT2D eigenvalue weighted by atomic mass is 10.4. The molecule has 0 aliphatic rings. The summed E-state index contributed by atoms with van der Waals surface area (Å²) in [6, 6.07) is 0. The molecule has 0 aliphatic heterocycles. The number of nitrogen functional groups attached to an aromatic ring is 1. The third-order valence-electron chi connectivity index (χ3n) is 1.20. The molecule has 13 heavy (non-hydrogen) atoms. The molecule has 0 saturated heterocycles. The minimum atomic E-state index is -1.04. The number of amides is 1. The molecule has 1 aromatic heterocycles. The fraction of sp³-hybridized carbons (Fsp3) is 0.143. The van der Waals surface area contributed by atoms with Crippen molar-refractivity contribution in [3.63, 3.8) is 0 Å². The number of hydrogen-bond acceptors (Lipinski definition) is 4. The maximum absolute atomic E-state index is 10.0. The molecule has 5 nitrogen and oxygen atoms in total. The summed E-state index contributed by atoms with van der Waals surface area (Å²) >= 11 is 1.35. The molecule has 0 fully saturated rings. The number of carboxylic acid groups (broad SMARTS) is 1. The molecule has 6 heteroatoms. The molecule has 70 valence electrons. The van der Waals surface area contributed by atoms with Gasteiger partial charge in [-0.25, -0.2) is 9.78 Å². The molecule has 0 saturated carbocycles. The molecule has 0 aliphatic carbocycles. The van der Waals surface area contributed by atoms with E-state index in [9.17, 15) is 4.79 Å². The third-order valence-corrected chi connectivity index (χ3v) is 1.89. The van der Waals surface area contributed by atoms with Crippen LogP contribution in [0.1, 0.15) is 5.69 Å². The minimum absolute atomic E-state index is 0.271. The van der Waals surface area contributed by atoms with Crippen LogP contribution in [0.2, 0.25) is 0 Å². The van der Waals surface area contributed by atoms with Crippen LogP contribution in [-0.2, 0) is 0 Å². The van der Waals surface area contributed by atoms with E-state index in [1.54, 1.807) is 17.5 Å². The zero-order valence-corrected chi connectivity index (χ0v) is 7.54. The van der Waals surface area contributed by atoms with Crippen LogP contribution in [0.15, 0.2) is 11.5 Å². The number of carbonyl (C=O) groups is 1. The number of thiazole rings is 1. The van der Waals surface area contributed by atoms with E-state index in [4.69, 9.17) is 10.8 Å². The summed E-state index contributed by atoms with van der Waals surface area (Å²) in [6.45, 7) is 0.271. The van der Waals surface area contributed by atoms with Crippen molar-refractivity contribution in [3.8, 4) is 0 Å². The van der Waals surface area contributed by atoms with Gasteiger partial charge in [-0.2, -0.15) is 0 Å². The summed E-state index contributed by atoms with van der Waals surface area (Å²) in [4.78, 5) is 14.0. The van der Waals surface area contributed by atoms with Gasteiger partial charge in [0.15, 0.2) is 5.13 Å². The summed E-state index contributed by atoms with van der Waals surface area (Å²) in [5.41, 5.74) is 6.14. The van der Waals surface area contributed by atoms with E-state index < -0.39 is 6.09 Å². The second-order valence-corrected chi connectivity index (χ2v) is 3.09.